The van der Waals surface area contributed by atoms with E-state index in [1.165, 1.54) is 0 Å². The number of hydrogen-bond acceptors (Lipinski definition) is 2. The Bertz CT molecular complexity index is 838. The summed E-state index contributed by atoms with van der Waals surface area (Å²) >= 11 is 6.05. The Morgan fingerprint density at radius 2 is 2.08 bits per heavy atom. The molecule has 5 nitrogen and oxygen atoms in total. The molecule has 0 unspecified atom stereocenters. The average Bonchev–Trinajstić information content (AvgIpc) is 3.01. The van der Waals surface area contributed by atoms with Crippen LogP contribution in [0.5, 0.6) is 0 Å². The van der Waals surface area contributed by atoms with E-state index >= 15 is 0 Å². The molecule has 3 rings (SSSR count). The van der Waals surface area contributed by atoms with Gasteiger partial charge in [0.2, 0.25) is 0 Å². The van der Waals surface area contributed by atoms with E-state index in [9.17, 15) is 0 Å². The summed E-state index contributed by atoms with van der Waals surface area (Å²) in [6, 6.07) is 15.9. The van der Waals surface area contributed by atoms with Crippen molar-refractivity contribution in [1.82, 2.24) is 20.2 Å². The molecule has 0 bridgehead atoms. The summed E-state index contributed by atoms with van der Waals surface area (Å²) in [7, 11) is 3.80. The maximum atomic E-state index is 6.05. The lowest BCUT2D eigenvalue weighted by Gasteiger charge is -2.22. The third-order valence-corrected chi connectivity index (χ3v) is 4.20. The number of hydrogen-bond donors (Lipinski definition) is 2. The number of aromatic amines is 1. The number of rotatable bonds is 5. The third-order valence-electron chi connectivity index (χ3n) is 3.97. The molecule has 0 amide bonds. The van der Waals surface area contributed by atoms with Crippen LogP contribution >= 0.6 is 11.6 Å². The minimum atomic E-state index is 0.741. The van der Waals surface area contributed by atoms with Crippen molar-refractivity contribution in [2.75, 3.05) is 20.6 Å². The van der Waals surface area contributed by atoms with Gasteiger partial charge in [0.05, 0.1) is 11.0 Å². The highest BCUT2D eigenvalue weighted by molar-refractivity contribution is 6.30. The summed E-state index contributed by atoms with van der Waals surface area (Å²) in [5, 5.41) is 4.13. The molecule has 3 aromatic rings. The van der Waals surface area contributed by atoms with E-state index in [0.717, 1.165) is 52.9 Å². The predicted molar refractivity (Wildman–Crippen MR) is 104 cm³/mol. The van der Waals surface area contributed by atoms with E-state index in [0.29, 0.717) is 0 Å². The average molecular weight is 356 g/mol. The molecule has 0 spiro atoms. The summed E-state index contributed by atoms with van der Waals surface area (Å²) in [6.45, 7) is 1.50. The van der Waals surface area contributed by atoms with Crippen molar-refractivity contribution in [3.63, 3.8) is 0 Å². The molecule has 2 aromatic carbocycles. The molecule has 25 heavy (non-hydrogen) atoms. The first-order valence-corrected chi connectivity index (χ1v) is 8.63. The lowest BCUT2D eigenvalue weighted by atomic mass is 10.2. The highest BCUT2D eigenvalue weighted by Crippen LogP contribution is 2.12. The van der Waals surface area contributed by atoms with Crippen LogP contribution in [0.2, 0.25) is 5.02 Å². The first kappa shape index (κ1) is 17.3. The molecule has 6 heteroatoms. The first-order valence-electron chi connectivity index (χ1n) is 8.25. The zero-order valence-corrected chi connectivity index (χ0v) is 15.2. The number of benzene rings is 2. The van der Waals surface area contributed by atoms with E-state index in [1.807, 2.05) is 49.5 Å². The first-order chi connectivity index (χ1) is 12.2. The molecule has 0 fully saturated rings. The van der Waals surface area contributed by atoms with Gasteiger partial charge in [0.1, 0.15) is 5.82 Å². The number of imidazole rings is 1. The van der Waals surface area contributed by atoms with Crippen LogP contribution in [0, 0.1) is 0 Å². The minimum absolute atomic E-state index is 0.741. The Kier molecular flexibility index (Phi) is 5.56. The van der Waals surface area contributed by atoms with Crippen LogP contribution in [0.3, 0.4) is 0 Å². The van der Waals surface area contributed by atoms with E-state index in [-0.39, 0.29) is 0 Å². The van der Waals surface area contributed by atoms with Gasteiger partial charge >= 0.3 is 0 Å². The third kappa shape index (κ3) is 4.51. The Balaban J connectivity index is 1.55. The maximum Gasteiger partial charge on any atom is 0.193 e. The number of nitrogens with zero attached hydrogens (tertiary/aromatic N) is 3. The SMILES string of the molecule is CN=C(NCCc1nc2ccccc2[nH]1)N(C)Cc1cccc(Cl)c1. The van der Waals surface area contributed by atoms with Gasteiger partial charge in [-0.2, -0.15) is 0 Å². The number of para-hydroxylation sites is 2. The van der Waals surface area contributed by atoms with E-state index in [4.69, 9.17) is 11.6 Å². The lowest BCUT2D eigenvalue weighted by Crippen LogP contribution is -2.39. The van der Waals surface area contributed by atoms with Crippen molar-refractivity contribution in [2.45, 2.75) is 13.0 Å². The van der Waals surface area contributed by atoms with Crippen molar-refractivity contribution < 1.29 is 0 Å². The van der Waals surface area contributed by atoms with Crippen molar-refractivity contribution in [3.8, 4) is 0 Å². The van der Waals surface area contributed by atoms with Crippen LogP contribution in [-0.4, -0.2) is 41.5 Å². The number of nitrogens with one attached hydrogen (secondary N) is 2. The van der Waals surface area contributed by atoms with Crippen LogP contribution < -0.4 is 5.32 Å². The maximum absolute atomic E-state index is 6.05. The van der Waals surface area contributed by atoms with Crippen LogP contribution in [0.15, 0.2) is 53.5 Å². The predicted octanol–water partition coefficient (Wildman–Crippen LogP) is 3.47. The topological polar surface area (TPSA) is 56.3 Å². The lowest BCUT2D eigenvalue weighted by molar-refractivity contribution is 0.477. The molecule has 1 heterocycles. The van der Waals surface area contributed by atoms with Crippen molar-refractivity contribution in [1.29, 1.82) is 0 Å². The quantitative estimate of drug-likeness (QED) is 0.544. The second kappa shape index (κ2) is 8.03. The molecule has 130 valence electrons. The fourth-order valence-electron chi connectivity index (χ4n) is 2.79. The van der Waals surface area contributed by atoms with Gasteiger partial charge in [-0.3, -0.25) is 4.99 Å². The zero-order valence-electron chi connectivity index (χ0n) is 14.5. The van der Waals surface area contributed by atoms with Gasteiger partial charge in [-0.05, 0) is 29.8 Å². The van der Waals surface area contributed by atoms with Gasteiger partial charge in [0, 0.05) is 38.6 Å². The number of fused-ring (bicyclic) bond motifs is 1. The molecule has 1 aromatic heterocycles. The number of halogens is 1. The van der Waals surface area contributed by atoms with Crippen LogP contribution in [0.1, 0.15) is 11.4 Å². The van der Waals surface area contributed by atoms with Crippen molar-refractivity contribution in [3.05, 3.63) is 64.9 Å². The van der Waals surface area contributed by atoms with Crippen molar-refractivity contribution in [2.24, 2.45) is 4.99 Å². The molecule has 0 aliphatic heterocycles. The second-order valence-electron chi connectivity index (χ2n) is 5.91. The number of aromatic nitrogens is 2. The van der Waals surface area contributed by atoms with Gasteiger partial charge in [0.25, 0.3) is 0 Å². The standard InChI is InChI=1S/C19H22ClN5/c1-21-19(25(2)13-14-6-5-7-15(20)12-14)22-11-10-18-23-16-8-3-4-9-17(16)24-18/h3-9,12H,10-11,13H2,1-2H3,(H,21,22)(H,23,24). The number of guanidine groups is 1. The summed E-state index contributed by atoms with van der Waals surface area (Å²) in [6.07, 6.45) is 0.804. The zero-order chi connectivity index (χ0) is 17.6. The fraction of sp³-hybridized carbons (Fsp3) is 0.263. The fourth-order valence-corrected chi connectivity index (χ4v) is 3.00. The summed E-state index contributed by atoms with van der Waals surface area (Å²) in [5.41, 5.74) is 3.22. The summed E-state index contributed by atoms with van der Waals surface area (Å²) < 4.78 is 0. The van der Waals surface area contributed by atoms with Crippen molar-refractivity contribution >= 4 is 28.6 Å². The Hall–Kier alpha value is -2.53. The van der Waals surface area contributed by atoms with Crippen LogP contribution in [0.4, 0.5) is 0 Å². The molecule has 2 N–H and O–H groups in total. The monoisotopic (exact) mass is 355 g/mol. The molecule has 0 radical (unpaired) electrons. The van der Waals surface area contributed by atoms with Gasteiger partial charge in [-0.25, -0.2) is 4.98 Å². The van der Waals surface area contributed by atoms with Gasteiger partial charge in [-0.15, -0.1) is 0 Å². The number of H-pyrrole nitrogens is 1. The highest BCUT2D eigenvalue weighted by Gasteiger charge is 2.08. The van der Waals surface area contributed by atoms with E-state index < -0.39 is 0 Å². The molecular weight excluding hydrogens is 334 g/mol. The Morgan fingerprint density at radius 1 is 1.24 bits per heavy atom. The van der Waals surface area contributed by atoms with E-state index in [2.05, 4.69) is 31.2 Å². The molecular formula is C19H22ClN5. The molecule has 0 saturated heterocycles. The molecule has 0 aliphatic rings. The normalized spacial score (nSPS) is 11.7. The Morgan fingerprint density at radius 3 is 2.84 bits per heavy atom. The largest absolute Gasteiger partial charge is 0.356 e. The summed E-state index contributed by atoms with van der Waals surface area (Å²) in [5.74, 6) is 1.82. The molecule has 0 aliphatic carbocycles. The Labute approximate surface area is 152 Å². The van der Waals surface area contributed by atoms with Gasteiger partial charge < -0.3 is 15.2 Å². The van der Waals surface area contributed by atoms with E-state index in [1.54, 1.807) is 7.05 Å². The van der Waals surface area contributed by atoms with Gasteiger partial charge in [0.15, 0.2) is 5.96 Å². The van der Waals surface area contributed by atoms with Gasteiger partial charge in [-0.1, -0.05) is 35.9 Å². The number of aliphatic imine (C=N–C) groups is 1. The molecule has 0 atom stereocenters. The van der Waals surface area contributed by atoms with Crippen LogP contribution in [0.25, 0.3) is 11.0 Å². The second-order valence-corrected chi connectivity index (χ2v) is 6.35. The van der Waals surface area contributed by atoms with Crippen LogP contribution in [-0.2, 0) is 13.0 Å². The molecule has 0 saturated carbocycles. The highest BCUT2D eigenvalue weighted by atomic mass is 35.5. The smallest absolute Gasteiger partial charge is 0.193 e. The summed E-state index contributed by atoms with van der Waals surface area (Å²) in [4.78, 5) is 14.4. The minimum Gasteiger partial charge on any atom is -0.356 e.